The fraction of sp³-hybridized carbons (Fsp3) is 0.643. The molecule has 22 heavy (non-hydrogen) atoms. The van der Waals surface area contributed by atoms with Crippen molar-refractivity contribution in [3.8, 4) is 0 Å². The van der Waals surface area contributed by atoms with Gasteiger partial charge < -0.3 is 9.64 Å². The van der Waals surface area contributed by atoms with E-state index in [0.717, 1.165) is 12.8 Å². The molecule has 2 fully saturated rings. The minimum absolute atomic E-state index is 0.0173. The summed E-state index contributed by atoms with van der Waals surface area (Å²) < 4.78 is 32.3. The maximum atomic E-state index is 12.7. The summed E-state index contributed by atoms with van der Waals surface area (Å²) in [4.78, 5) is 14.8. The fourth-order valence-electron chi connectivity index (χ4n) is 2.87. The third-order valence-electron chi connectivity index (χ3n) is 4.03. The quantitative estimate of drug-likeness (QED) is 0.831. The maximum absolute atomic E-state index is 12.7. The highest BCUT2D eigenvalue weighted by molar-refractivity contribution is 7.89. The molecule has 8 heteroatoms. The number of sulfonamides is 1. The Hall–Kier alpha value is -0.960. The van der Waals surface area contributed by atoms with Gasteiger partial charge in [0.15, 0.2) is 0 Å². The zero-order chi connectivity index (χ0) is 15.7. The highest BCUT2D eigenvalue weighted by atomic mass is 32.2. The van der Waals surface area contributed by atoms with E-state index in [1.165, 1.54) is 15.6 Å². The third-order valence-corrected chi connectivity index (χ3v) is 7.01. The van der Waals surface area contributed by atoms with Gasteiger partial charge in [0.05, 0.1) is 12.7 Å². The summed E-state index contributed by atoms with van der Waals surface area (Å²) in [7, 11) is -3.56. The van der Waals surface area contributed by atoms with Crippen molar-refractivity contribution in [2.45, 2.75) is 30.8 Å². The topological polar surface area (TPSA) is 66.9 Å². The Morgan fingerprint density at radius 2 is 2.05 bits per heavy atom. The zero-order valence-corrected chi connectivity index (χ0v) is 14.2. The number of amides is 1. The second-order valence-electron chi connectivity index (χ2n) is 5.66. The molecule has 1 amide bonds. The maximum Gasteiger partial charge on any atom is 0.265 e. The number of thiophene rings is 1. The molecule has 2 saturated heterocycles. The normalized spacial score (nSPS) is 23.9. The minimum Gasteiger partial charge on any atom is -0.375 e. The average Bonchev–Trinajstić information content (AvgIpc) is 3.18. The van der Waals surface area contributed by atoms with E-state index in [9.17, 15) is 13.2 Å². The molecule has 0 saturated carbocycles. The summed E-state index contributed by atoms with van der Waals surface area (Å²) in [5, 5.41) is 1.68. The molecule has 1 unspecified atom stereocenters. The predicted octanol–water partition coefficient (Wildman–Crippen LogP) is 1.39. The van der Waals surface area contributed by atoms with Crippen molar-refractivity contribution in [1.82, 2.24) is 9.21 Å². The van der Waals surface area contributed by atoms with Crippen LogP contribution < -0.4 is 0 Å². The lowest BCUT2D eigenvalue weighted by molar-refractivity contribution is -0.0123. The largest absolute Gasteiger partial charge is 0.375 e. The first-order chi connectivity index (χ1) is 10.5. The molecule has 3 rings (SSSR count). The van der Waals surface area contributed by atoms with E-state index < -0.39 is 10.0 Å². The van der Waals surface area contributed by atoms with Crippen molar-refractivity contribution in [3.63, 3.8) is 0 Å². The fourth-order valence-corrected chi connectivity index (χ4v) is 5.75. The van der Waals surface area contributed by atoms with E-state index in [2.05, 4.69) is 0 Å². The van der Waals surface area contributed by atoms with Crippen molar-refractivity contribution in [3.05, 3.63) is 16.3 Å². The van der Waals surface area contributed by atoms with Crippen LogP contribution in [-0.4, -0.2) is 62.4 Å². The van der Waals surface area contributed by atoms with E-state index in [1.54, 1.807) is 16.3 Å². The van der Waals surface area contributed by atoms with Gasteiger partial charge in [-0.25, -0.2) is 8.42 Å². The monoisotopic (exact) mass is 344 g/mol. The first-order valence-corrected chi connectivity index (χ1v) is 9.80. The molecule has 2 aliphatic rings. The van der Waals surface area contributed by atoms with E-state index in [1.807, 2.05) is 6.92 Å². The SMILES string of the molecule is CC1CN(C(=O)c2sccc2S(=O)(=O)N2CCCC2)CCO1. The number of hydrogen-bond acceptors (Lipinski definition) is 5. The minimum atomic E-state index is -3.56. The van der Waals surface area contributed by atoms with Gasteiger partial charge in [-0.05, 0) is 31.2 Å². The number of ether oxygens (including phenoxy) is 1. The summed E-state index contributed by atoms with van der Waals surface area (Å²) in [6.45, 7) is 4.49. The van der Waals surface area contributed by atoms with E-state index in [4.69, 9.17) is 4.74 Å². The molecule has 1 atom stereocenters. The van der Waals surface area contributed by atoms with Crippen LogP contribution in [0.5, 0.6) is 0 Å². The van der Waals surface area contributed by atoms with Gasteiger partial charge in [-0.1, -0.05) is 0 Å². The molecule has 0 bridgehead atoms. The number of carbonyl (C=O) groups excluding carboxylic acids is 1. The number of nitrogens with zero attached hydrogens (tertiary/aromatic N) is 2. The number of hydrogen-bond donors (Lipinski definition) is 0. The van der Waals surface area contributed by atoms with Crippen LogP contribution in [-0.2, 0) is 14.8 Å². The molecule has 3 heterocycles. The molecule has 2 aliphatic heterocycles. The molecule has 1 aromatic rings. The van der Waals surface area contributed by atoms with Crippen LogP contribution in [0.25, 0.3) is 0 Å². The smallest absolute Gasteiger partial charge is 0.265 e. The summed E-state index contributed by atoms with van der Waals surface area (Å²) in [6.07, 6.45) is 1.75. The van der Waals surface area contributed by atoms with Gasteiger partial charge in [0.2, 0.25) is 10.0 Å². The molecular formula is C14H20N2O4S2. The summed E-state index contributed by atoms with van der Waals surface area (Å²) in [5.41, 5.74) is 0. The second-order valence-corrected chi connectivity index (χ2v) is 8.48. The van der Waals surface area contributed by atoms with Gasteiger partial charge in [0.25, 0.3) is 5.91 Å². The molecule has 0 aromatic carbocycles. The van der Waals surface area contributed by atoms with Crippen LogP contribution in [0, 0.1) is 0 Å². The molecule has 6 nitrogen and oxygen atoms in total. The van der Waals surface area contributed by atoms with Gasteiger partial charge in [0.1, 0.15) is 9.77 Å². The van der Waals surface area contributed by atoms with Crippen LogP contribution in [0.15, 0.2) is 16.3 Å². The molecular weight excluding hydrogens is 324 g/mol. The van der Waals surface area contributed by atoms with Gasteiger partial charge in [-0.2, -0.15) is 4.31 Å². The van der Waals surface area contributed by atoms with Crippen LogP contribution >= 0.6 is 11.3 Å². The first kappa shape index (κ1) is 15.9. The summed E-state index contributed by atoms with van der Waals surface area (Å²) >= 11 is 1.20. The lowest BCUT2D eigenvalue weighted by Crippen LogP contribution is -2.44. The van der Waals surface area contributed by atoms with Crippen LogP contribution in [0.2, 0.25) is 0 Å². The Labute approximate surface area is 134 Å². The first-order valence-electron chi connectivity index (χ1n) is 7.48. The number of rotatable bonds is 3. The number of carbonyl (C=O) groups is 1. The van der Waals surface area contributed by atoms with Crippen LogP contribution in [0.3, 0.4) is 0 Å². The van der Waals surface area contributed by atoms with Gasteiger partial charge in [0, 0.05) is 26.2 Å². The van der Waals surface area contributed by atoms with Crippen molar-refractivity contribution >= 4 is 27.3 Å². The second kappa shape index (κ2) is 6.27. The molecule has 0 N–H and O–H groups in total. The highest BCUT2D eigenvalue weighted by Gasteiger charge is 2.34. The molecule has 122 valence electrons. The average molecular weight is 344 g/mol. The molecule has 1 aromatic heterocycles. The highest BCUT2D eigenvalue weighted by Crippen LogP contribution is 2.29. The zero-order valence-electron chi connectivity index (χ0n) is 12.5. The van der Waals surface area contributed by atoms with Crippen molar-refractivity contribution in [2.24, 2.45) is 0 Å². The standard InChI is InChI=1S/C14H20N2O4S2/c1-11-10-15(7-8-20-11)14(17)13-12(4-9-21-13)22(18,19)16-5-2-3-6-16/h4,9,11H,2-3,5-8,10H2,1H3. The number of morpholine rings is 1. The molecule has 0 spiro atoms. The molecule has 0 radical (unpaired) electrons. The lowest BCUT2D eigenvalue weighted by atomic mass is 10.3. The van der Waals surface area contributed by atoms with Crippen molar-refractivity contribution in [2.75, 3.05) is 32.8 Å². The Bertz CT molecular complexity index is 650. The van der Waals surface area contributed by atoms with E-state index >= 15 is 0 Å². The van der Waals surface area contributed by atoms with Gasteiger partial charge in [-0.15, -0.1) is 11.3 Å². The van der Waals surface area contributed by atoms with Crippen LogP contribution in [0.4, 0.5) is 0 Å². The van der Waals surface area contributed by atoms with Crippen molar-refractivity contribution < 1.29 is 17.9 Å². The van der Waals surface area contributed by atoms with Crippen LogP contribution in [0.1, 0.15) is 29.4 Å². The van der Waals surface area contributed by atoms with E-state index in [0.29, 0.717) is 37.7 Å². The summed E-state index contributed by atoms with van der Waals surface area (Å²) in [6, 6.07) is 1.55. The van der Waals surface area contributed by atoms with Gasteiger partial charge in [-0.3, -0.25) is 4.79 Å². The Morgan fingerprint density at radius 3 is 2.73 bits per heavy atom. The molecule has 0 aliphatic carbocycles. The Morgan fingerprint density at radius 1 is 1.32 bits per heavy atom. The van der Waals surface area contributed by atoms with Crippen molar-refractivity contribution in [1.29, 1.82) is 0 Å². The Balaban J connectivity index is 1.87. The van der Waals surface area contributed by atoms with Gasteiger partial charge >= 0.3 is 0 Å². The Kier molecular flexibility index (Phi) is 4.54. The van der Waals surface area contributed by atoms with E-state index in [-0.39, 0.29) is 16.9 Å². The third kappa shape index (κ3) is 2.92. The lowest BCUT2D eigenvalue weighted by Gasteiger charge is -2.31. The summed E-state index contributed by atoms with van der Waals surface area (Å²) in [5.74, 6) is -0.206. The predicted molar refractivity (Wildman–Crippen MR) is 83.6 cm³/mol.